The number of rotatable bonds is 0. The zero-order chi connectivity index (χ0) is 7.52. The molecule has 0 radical (unpaired) electrons. The number of nitrogens with zero attached hydrogens (tertiary/aromatic N) is 2. The van der Waals surface area contributed by atoms with E-state index < -0.39 is 0 Å². The van der Waals surface area contributed by atoms with Crippen LogP contribution in [0.5, 0.6) is 0 Å². The molecule has 0 amide bonds. The molecule has 3 aliphatic heterocycles. The number of fused-ring (bicyclic) bond motifs is 5. The van der Waals surface area contributed by atoms with Gasteiger partial charge in [-0.05, 0) is 19.0 Å². The molecule has 3 heterocycles. The largest absolute Gasteiger partial charge is 0.378 e. The van der Waals surface area contributed by atoms with Gasteiger partial charge in [0.2, 0.25) is 0 Å². The predicted molar refractivity (Wildman–Crippen MR) is 46.4 cm³/mol. The molecule has 0 N–H and O–H groups in total. The molecule has 2 nitrogen and oxygen atoms in total. The van der Waals surface area contributed by atoms with Gasteiger partial charge in [0.25, 0.3) is 0 Å². The van der Waals surface area contributed by atoms with E-state index in [4.69, 9.17) is 0 Å². The van der Waals surface area contributed by atoms with Crippen LogP contribution in [0.1, 0.15) is 12.8 Å². The Morgan fingerprint density at radius 2 is 1.64 bits per heavy atom. The van der Waals surface area contributed by atoms with Crippen LogP contribution in [0.4, 0.5) is 0 Å². The summed E-state index contributed by atoms with van der Waals surface area (Å²) in [6.07, 6.45) is 7.23. The second kappa shape index (κ2) is 3.26. The van der Waals surface area contributed by atoms with Crippen molar-refractivity contribution in [1.82, 2.24) is 9.80 Å². The summed E-state index contributed by atoms with van der Waals surface area (Å²) < 4.78 is 0. The lowest BCUT2D eigenvalue weighted by molar-refractivity contribution is 0.215. The molecule has 0 atom stereocenters. The van der Waals surface area contributed by atoms with E-state index in [1.165, 1.54) is 39.0 Å². The average Bonchev–Trinajstić information content (AvgIpc) is 1.80. The summed E-state index contributed by atoms with van der Waals surface area (Å²) in [5, 5.41) is 0. The summed E-state index contributed by atoms with van der Waals surface area (Å²) in [5.41, 5.74) is 0. The van der Waals surface area contributed by atoms with Crippen LogP contribution in [0.2, 0.25) is 0 Å². The Labute approximate surface area is 68.5 Å². The standard InChI is InChI=1S/C9H16N2/c1-4-10-6-2-7-11(5-1)9-3-8-10/h1,4H,2-3,5-9H2/b4-1-. The number of hydrogen-bond acceptors (Lipinski definition) is 2. The van der Waals surface area contributed by atoms with Crippen molar-refractivity contribution in [1.29, 1.82) is 0 Å². The minimum Gasteiger partial charge on any atom is -0.378 e. The molecule has 1 saturated heterocycles. The van der Waals surface area contributed by atoms with Gasteiger partial charge < -0.3 is 4.90 Å². The third kappa shape index (κ3) is 1.74. The monoisotopic (exact) mass is 152 g/mol. The Balaban J connectivity index is 2.07. The van der Waals surface area contributed by atoms with E-state index in [1.807, 2.05) is 0 Å². The molecule has 1 fully saturated rings. The summed E-state index contributed by atoms with van der Waals surface area (Å²) in [4.78, 5) is 5.00. The summed E-state index contributed by atoms with van der Waals surface area (Å²) in [6.45, 7) is 6.26. The molecular formula is C9H16N2. The highest BCUT2D eigenvalue weighted by Gasteiger charge is 2.11. The maximum atomic E-state index is 2.55. The predicted octanol–water partition coefficient (Wildman–Crippen LogP) is 0.911. The smallest absolute Gasteiger partial charge is 0.0184 e. The Bertz CT molecular complexity index is 144. The molecule has 11 heavy (non-hydrogen) atoms. The van der Waals surface area contributed by atoms with Gasteiger partial charge >= 0.3 is 0 Å². The first-order valence-corrected chi connectivity index (χ1v) is 4.58. The second-order valence-corrected chi connectivity index (χ2v) is 3.43. The highest BCUT2D eigenvalue weighted by Crippen LogP contribution is 2.07. The van der Waals surface area contributed by atoms with Crippen molar-refractivity contribution in [2.75, 3.05) is 32.7 Å². The van der Waals surface area contributed by atoms with E-state index in [-0.39, 0.29) is 0 Å². The van der Waals surface area contributed by atoms with E-state index in [2.05, 4.69) is 22.1 Å². The van der Waals surface area contributed by atoms with E-state index in [9.17, 15) is 0 Å². The summed E-state index contributed by atoms with van der Waals surface area (Å²) in [5.74, 6) is 0. The van der Waals surface area contributed by atoms with Gasteiger partial charge in [0.05, 0.1) is 0 Å². The van der Waals surface area contributed by atoms with Gasteiger partial charge in [0.1, 0.15) is 0 Å². The molecule has 0 spiro atoms. The van der Waals surface area contributed by atoms with E-state index in [0.29, 0.717) is 0 Å². The van der Waals surface area contributed by atoms with Gasteiger partial charge in [0, 0.05) is 32.7 Å². The lowest BCUT2D eigenvalue weighted by Crippen LogP contribution is -2.37. The number of hydrogen-bond donors (Lipinski definition) is 0. The van der Waals surface area contributed by atoms with Crippen molar-refractivity contribution in [2.45, 2.75) is 12.8 Å². The molecule has 62 valence electrons. The van der Waals surface area contributed by atoms with Crippen molar-refractivity contribution in [3.8, 4) is 0 Å². The highest BCUT2D eigenvalue weighted by molar-refractivity contribution is 4.89. The first-order chi connectivity index (χ1) is 5.45. The van der Waals surface area contributed by atoms with Crippen LogP contribution in [-0.4, -0.2) is 42.5 Å². The molecule has 3 rings (SSSR count). The third-order valence-electron chi connectivity index (χ3n) is 2.52. The fourth-order valence-corrected chi connectivity index (χ4v) is 1.90. The van der Waals surface area contributed by atoms with Crippen LogP contribution in [-0.2, 0) is 0 Å². The van der Waals surface area contributed by atoms with Crippen molar-refractivity contribution < 1.29 is 0 Å². The minimum absolute atomic E-state index is 1.16. The van der Waals surface area contributed by atoms with Crippen LogP contribution in [0, 0.1) is 0 Å². The third-order valence-corrected chi connectivity index (χ3v) is 2.52. The van der Waals surface area contributed by atoms with Gasteiger partial charge in [-0.25, -0.2) is 0 Å². The Morgan fingerprint density at radius 1 is 0.909 bits per heavy atom. The lowest BCUT2D eigenvalue weighted by atomic mass is 10.2. The highest BCUT2D eigenvalue weighted by atomic mass is 15.2. The Hall–Kier alpha value is -0.500. The molecule has 2 bridgehead atoms. The SMILES string of the molecule is C1=C\N2CCCN(C/1)CCC2. The van der Waals surface area contributed by atoms with Crippen LogP contribution in [0.3, 0.4) is 0 Å². The first-order valence-electron chi connectivity index (χ1n) is 4.58. The van der Waals surface area contributed by atoms with Crippen molar-refractivity contribution in [3.63, 3.8) is 0 Å². The van der Waals surface area contributed by atoms with Gasteiger partial charge in [-0.3, -0.25) is 4.90 Å². The summed E-state index contributed by atoms with van der Waals surface area (Å²) >= 11 is 0. The Kier molecular flexibility index (Phi) is 2.13. The second-order valence-electron chi connectivity index (χ2n) is 3.43. The molecule has 0 aliphatic carbocycles. The van der Waals surface area contributed by atoms with Crippen molar-refractivity contribution >= 4 is 0 Å². The summed E-state index contributed by atoms with van der Waals surface area (Å²) in [6, 6.07) is 0. The molecule has 0 aromatic rings. The molecule has 2 heteroatoms. The van der Waals surface area contributed by atoms with Crippen LogP contribution < -0.4 is 0 Å². The van der Waals surface area contributed by atoms with Crippen molar-refractivity contribution in [3.05, 3.63) is 12.3 Å². The molecular weight excluding hydrogens is 136 g/mol. The topological polar surface area (TPSA) is 6.48 Å². The summed E-state index contributed by atoms with van der Waals surface area (Å²) in [7, 11) is 0. The zero-order valence-corrected chi connectivity index (χ0v) is 7.00. The normalized spacial score (nSPS) is 29.3. The van der Waals surface area contributed by atoms with Gasteiger partial charge in [-0.2, -0.15) is 0 Å². The Morgan fingerprint density at radius 3 is 2.36 bits per heavy atom. The maximum Gasteiger partial charge on any atom is 0.0184 e. The van der Waals surface area contributed by atoms with E-state index >= 15 is 0 Å². The van der Waals surface area contributed by atoms with Gasteiger partial charge in [0.15, 0.2) is 0 Å². The van der Waals surface area contributed by atoms with Crippen LogP contribution in [0.15, 0.2) is 12.3 Å². The molecule has 0 unspecified atom stereocenters. The first kappa shape index (κ1) is 7.17. The maximum absolute atomic E-state index is 2.55. The van der Waals surface area contributed by atoms with Crippen molar-refractivity contribution in [2.24, 2.45) is 0 Å². The molecule has 0 aromatic carbocycles. The fourth-order valence-electron chi connectivity index (χ4n) is 1.90. The van der Waals surface area contributed by atoms with Crippen LogP contribution >= 0.6 is 0 Å². The molecule has 0 saturated carbocycles. The molecule has 3 aliphatic rings. The lowest BCUT2D eigenvalue weighted by Gasteiger charge is -2.31. The average molecular weight is 152 g/mol. The minimum atomic E-state index is 1.16. The van der Waals surface area contributed by atoms with Gasteiger partial charge in [-0.1, -0.05) is 6.08 Å². The quantitative estimate of drug-likeness (QED) is 0.509. The van der Waals surface area contributed by atoms with Crippen LogP contribution in [0.25, 0.3) is 0 Å². The molecule has 0 aromatic heterocycles. The van der Waals surface area contributed by atoms with E-state index in [0.717, 1.165) is 6.54 Å². The van der Waals surface area contributed by atoms with E-state index in [1.54, 1.807) is 0 Å². The fraction of sp³-hybridized carbons (Fsp3) is 0.778. The van der Waals surface area contributed by atoms with Gasteiger partial charge in [-0.15, -0.1) is 0 Å². The zero-order valence-electron chi connectivity index (χ0n) is 7.00.